The van der Waals surface area contributed by atoms with Crippen LogP contribution in [0, 0.1) is 0 Å². The van der Waals surface area contributed by atoms with Crippen molar-refractivity contribution >= 4 is 0 Å². The molecule has 0 saturated carbocycles. The molecule has 0 aliphatic rings. The molecule has 0 unspecified atom stereocenters. The van der Waals surface area contributed by atoms with Crippen LogP contribution in [0.15, 0.2) is 0 Å². The van der Waals surface area contributed by atoms with Crippen LogP contribution in [0.25, 0.3) is 0 Å². The summed E-state index contributed by atoms with van der Waals surface area (Å²) in [5.74, 6) is 0. The second-order valence-corrected chi connectivity index (χ2v) is 2.51. The largest absolute Gasteiger partial charge is 0.401 e. The van der Waals surface area contributed by atoms with Crippen molar-refractivity contribution in [3.05, 3.63) is 0 Å². The molecule has 0 amide bonds. The lowest BCUT2D eigenvalue weighted by Gasteiger charge is -2.08. The van der Waals surface area contributed by atoms with E-state index in [1.807, 2.05) is 0 Å². The van der Waals surface area contributed by atoms with E-state index in [1.54, 1.807) is 7.05 Å². The highest BCUT2D eigenvalue weighted by atomic mass is 19.4. The summed E-state index contributed by atoms with van der Waals surface area (Å²) in [5, 5.41) is 5.09. The lowest BCUT2D eigenvalue weighted by atomic mass is 10.6. The van der Waals surface area contributed by atoms with Gasteiger partial charge < -0.3 is 15.4 Å². The summed E-state index contributed by atoms with van der Waals surface area (Å²) >= 11 is 0. The van der Waals surface area contributed by atoms with Gasteiger partial charge in [0, 0.05) is 13.1 Å². The van der Waals surface area contributed by atoms with E-state index in [-0.39, 0.29) is 6.54 Å². The van der Waals surface area contributed by atoms with Gasteiger partial charge in [-0.3, -0.25) is 0 Å². The Labute approximate surface area is 75.6 Å². The topological polar surface area (TPSA) is 33.3 Å². The summed E-state index contributed by atoms with van der Waals surface area (Å²) in [6.45, 7) is 0.798. The van der Waals surface area contributed by atoms with Crippen LogP contribution in [0.1, 0.15) is 0 Å². The molecule has 3 nitrogen and oxygen atoms in total. The van der Waals surface area contributed by atoms with Gasteiger partial charge in [-0.05, 0) is 7.05 Å². The molecule has 0 aliphatic heterocycles. The van der Waals surface area contributed by atoms with E-state index in [9.17, 15) is 13.2 Å². The van der Waals surface area contributed by atoms with Crippen LogP contribution in [-0.2, 0) is 4.74 Å². The molecular weight excluding hydrogens is 185 g/mol. The van der Waals surface area contributed by atoms with E-state index in [2.05, 4.69) is 10.6 Å². The number of halogens is 3. The van der Waals surface area contributed by atoms with Gasteiger partial charge in [-0.25, -0.2) is 0 Å². The lowest BCUT2D eigenvalue weighted by molar-refractivity contribution is -0.125. The number of rotatable bonds is 7. The molecule has 0 heterocycles. The van der Waals surface area contributed by atoms with Gasteiger partial charge in [0.1, 0.15) is 0 Å². The normalized spacial score (nSPS) is 12.0. The van der Waals surface area contributed by atoms with Crippen molar-refractivity contribution in [2.45, 2.75) is 6.18 Å². The minimum Gasteiger partial charge on any atom is -0.379 e. The van der Waals surface area contributed by atoms with Crippen molar-refractivity contribution in [3.63, 3.8) is 0 Å². The van der Waals surface area contributed by atoms with E-state index in [0.29, 0.717) is 19.8 Å². The Hall–Kier alpha value is -0.330. The average Bonchev–Trinajstić information content (AvgIpc) is 2.01. The fourth-order valence-electron chi connectivity index (χ4n) is 0.651. The number of likely N-dealkylation sites (N-methyl/N-ethyl adjacent to an activating group) is 1. The standard InChI is InChI=1S/C7H15F3N2O/c1-11-2-4-13-5-3-12-6-7(8,9)10/h11-12H,2-6H2,1H3. The summed E-state index contributed by atoms with van der Waals surface area (Å²) in [6.07, 6.45) is -4.13. The van der Waals surface area contributed by atoms with Crippen LogP contribution in [0.4, 0.5) is 13.2 Å². The molecule has 0 bridgehead atoms. The molecule has 0 radical (unpaired) electrons. The van der Waals surface area contributed by atoms with Gasteiger partial charge >= 0.3 is 6.18 Å². The lowest BCUT2D eigenvalue weighted by Crippen LogP contribution is -2.31. The molecule has 80 valence electrons. The highest BCUT2D eigenvalue weighted by Crippen LogP contribution is 2.11. The predicted molar refractivity (Wildman–Crippen MR) is 43.7 cm³/mol. The first-order valence-electron chi connectivity index (χ1n) is 4.06. The van der Waals surface area contributed by atoms with Crippen molar-refractivity contribution < 1.29 is 17.9 Å². The quantitative estimate of drug-likeness (QED) is 0.583. The summed E-state index contributed by atoms with van der Waals surface area (Å²) < 4.78 is 39.7. The number of alkyl halides is 3. The maximum Gasteiger partial charge on any atom is 0.401 e. The third-order valence-electron chi connectivity index (χ3n) is 1.25. The summed E-state index contributed by atoms with van der Waals surface area (Å²) in [7, 11) is 1.78. The van der Waals surface area contributed by atoms with Gasteiger partial charge in [0.15, 0.2) is 0 Å². The number of hydrogen-bond donors (Lipinski definition) is 2. The van der Waals surface area contributed by atoms with Gasteiger partial charge in [0.05, 0.1) is 19.8 Å². The first kappa shape index (κ1) is 12.7. The van der Waals surface area contributed by atoms with Crippen LogP contribution in [0.3, 0.4) is 0 Å². The Morgan fingerprint density at radius 2 is 1.77 bits per heavy atom. The molecule has 13 heavy (non-hydrogen) atoms. The van der Waals surface area contributed by atoms with Gasteiger partial charge in [-0.2, -0.15) is 13.2 Å². The number of nitrogens with one attached hydrogen (secondary N) is 2. The van der Waals surface area contributed by atoms with Crippen molar-refractivity contribution in [1.82, 2.24) is 10.6 Å². The molecule has 0 saturated heterocycles. The smallest absolute Gasteiger partial charge is 0.379 e. The fraction of sp³-hybridized carbons (Fsp3) is 1.00. The summed E-state index contributed by atoms with van der Waals surface area (Å²) in [5.41, 5.74) is 0. The minimum absolute atomic E-state index is 0.225. The fourth-order valence-corrected chi connectivity index (χ4v) is 0.651. The Morgan fingerprint density at radius 3 is 2.31 bits per heavy atom. The van der Waals surface area contributed by atoms with Crippen LogP contribution in [0.5, 0.6) is 0 Å². The van der Waals surface area contributed by atoms with E-state index >= 15 is 0 Å². The molecule has 2 N–H and O–H groups in total. The molecule has 0 aromatic carbocycles. The first-order valence-corrected chi connectivity index (χ1v) is 4.06. The maximum atomic E-state index is 11.6. The van der Waals surface area contributed by atoms with Crippen LogP contribution >= 0.6 is 0 Å². The van der Waals surface area contributed by atoms with E-state index in [1.165, 1.54) is 0 Å². The molecule has 0 aromatic heterocycles. The molecular formula is C7H15F3N2O. The molecule has 0 rings (SSSR count). The maximum absolute atomic E-state index is 11.6. The highest BCUT2D eigenvalue weighted by molar-refractivity contribution is 4.54. The van der Waals surface area contributed by atoms with Gasteiger partial charge in [0.25, 0.3) is 0 Å². The van der Waals surface area contributed by atoms with E-state index < -0.39 is 12.7 Å². The Bertz CT molecular complexity index is 119. The van der Waals surface area contributed by atoms with E-state index in [0.717, 1.165) is 0 Å². The van der Waals surface area contributed by atoms with Crippen LogP contribution in [-0.4, -0.2) is 46.1 Å². The van der Waals surface area contributed by atoms with Crippen LogP contribution in [0.2, 0.25) is 0 Å². The summed E-state index contributed by atoms with van der Waals surface area (Å²) in [4.78, 5) is 0. The summed E-state index contributed by atoms with van der Waals surface area (Å²) in [6, 6.07) is 0. The molecule has 0 atom stereocenters. The van der Waals surface area contributed by atoms with Gasteiger partial charge in [0.2, 0.25) is 0 Å². The monoisotopic (exact) mass is 200 g/mol. The number of ether oxygens (including phenoxy) is 1. The minimum atomic E-state index is -4.13. The van der Waals surface area contributed by atoms with Crippen molar-refractivity contribution in [2.24, 2.45) is 0 Å². The Balaban J connectivity index is 3.00. The van der Waals surface area contributed by atoms with Crippen molar-refractivity contribution in [3.8, 4) is 0 Å². The second kappa shape index (κ2) is 7.11. The molecule has 0 spiro atoms. The van der Waals surface area contributed by atoms with E-state index in [4.69, 9.17) is 4.74 Å². The SMILES string of the molecule is CNCCOCCNCC(F)(F)F. The zero-order chi connectivity index (χ0) is 10.2. The van der Waals surface area contributed by atoms with Crippen molar-refractivity contribution in [1.29, 1.82) is 0 Å². The molecule has 0 aromatic rings. The average molecular weight is 200 g/mol. The van der Waals surface area contributed by atoms with Gasteiger partial charge in [-0.15, -0.1) is 0 Å². The molecule has 6 heteroatoms. The van der Waals surface area contributed by atoms with Crippen molar-refractivity contribution in [2.75, 3.05) is 39.9 Å². The number of hydrogen-bond acceptors (Lipinski definition) is 3. The zero-order valence-corrected chi connectivity index (χ0v) is 7.58. The predicted octanol–water partition coefficient (Wildman–Crippen LogP) is 0.374. The van der Waals surface area contributed by atoms with Crippen LogP contribution < -0.4 is 10.6 Å². The van der Waals surface area contributed by atoms with Gasteiger partial charge in [-0.1, -0.05) is 0 Å². The Kier molecular flexibility index (Phi) is 6.93. The first-order chi connectivity index (χ1) is 6.06. The highest BCUT2D eigenvalue weighted by Gasteiger charge is 2.25. The third-order valence-corrected chi connectivity index (χ3v) is 1.25. The second-order valence-electron chi connectivity index (χ2n) is 2.51. The Morgan fingerprint density at radius 1 is 1.15 bits per heavy atom. The molecule has 0 fully saturated rings. The third kappa shape index (κ3) is 11.7. The zero-order valence-electron chi connectivity index (χ0n) is 7.58. The molecule has 0 aliphatic carbocycles.